The Hall–Kier alpha value is -2.89. The average Bonchev–Trinajstić information content (AvgIpc) is 2.98. The molecule has 0 unspecified atom stereocenters. The fraction of sp³-hybridized carbons (Fsp3) is 0.154. The smallest absolute Gasteiger partial charge is 0.268 e. The van der Waals surface area contributed by atoms with Crippen LogP contribution in [0.15, 0.2) is 64.5 Å². The highest BCUT2D eigenvalue weighted by Crippen LogP contribution is 2.39. The van der Waals surface area contributed by atoms with Gasteiger partial charge in [0.25, 0.3) is 5.91 Å². The van der Waals surface area contributed by atoms with E-state index in [1.165, 1.54) is 30.0 Å². The molecule has 0 N–H and O–H groups in total. The summed E-state index contributed by atoms with van der Waals surface area (Å²) >= 11 is 7.42. The summed E-state index contributed by atoms with van der Waals surface area (Å²) in [5.41, 5.74) is 5.94. The number of rotatable bonds is 3. The van der Waals surface area contributed by atoms with Crippen molar-refractivity contribution in [3.8, 4) is 0 Å². The molecule has 1 heterocycles. The third kappa shape index (κ3) is 4.64. The molecule has 1 aliphatic heterocycles. The first-order valence-electron chi connectivity index (χ1n) is 10.1. The van der Waals surface area contributed by atoms with E-state index in [2.05, 4.69) is 6.07 Å². The molecule has 1 aliphatic rings. The second-order valence-electron chi connectivity index (χ2n) is 7.97. The maximum atomic E-state index is 14.4. The summed E-state index contributed by atoms with van der Waals surface area (Å²) in [6.07, 6.45) is 1.50. The van der Waals surface area contributed by atoms with Gasteiger partial charge in [0.15, 0.2) is 5.17 Å². The average molecular weight is 465 g/mol. The first-order valence-corrected chi connectivity index (χ1v) is 11.3. The molecule has 162 valence electrons. The van der Waals surface area contributed by atoms with Crippen LogP contribution in [0.5, 0.6) is 0 Å². The van der Waals surface area contributed by atoms with Gasteiger partial charge in [0.05, 0.1) is 21.3 Å². The maximum absolute atomic E-state index is 14.4. The SMILES string of the molecule is Cc1cc(C)cc(N=C2S/C(=C/c3c(F)cccc3Cl)C(=O)N2c2cc(C)cc(C)c2)c1. The van der Waals surface area contributed by atoms with E-state index in [4.69, 9.17) is 16.6 Å². The number of halogens is 2. The number of amides is 1. The van der Waals surface area contributed by atoms with Crippen molar-refractivity contribution in [2.75, 3.05) is 4.90 Å². The van der Waals surface area contributed by atoms with Gasteiger partial charge >= 0.3 is 0 Å². The molecule has 1 amide bonds. The zero-order chi connectivity index (χ0) is 23.0. The summed E-state index contributed by atoms with van der Waals surface area (Å²) in [7, 11) is 0. The molecule has 0 radical (unpaired) electrons. The molecule has 0 aliphatic carbocycles. The Balaban J connectivity index is 1.86. The lowest BCUT2D eigenvalue weighted by Gasteiger charge is -2.17. The zero-order valence-electron chi connectivity index (χ0n) is 18.2. The van der Waals surface area contributed by atoms with Crippen LogP contribution in [-0.2, 0) is 4.79 Å². The number of nitrogens with zero attached hydrogens (tertiary/aromatic N) is 2. The van der Waals surface area contributed by atoms with Crippen LogP contribution in [0.25, 0.3) is 6.08 Å². The van der Waals surface area contributed by atoms with Crippen LogP contribution in [0, 0.1) is 33.5 Å². The second-order valence-corrected chi connectivity index (χ2v) is 9.39. The highest BCUT2D eigenvalue weighted by molar-refractivity contribution is 8.19. The van der Waals surface area contributed by atoms with E-state index in [1.807, 2.05) is 58.0 Å². The van der Waals surface area contributed by atoms with Crippen molar-refractivity contribution in [3.63, 3.8) is 0 Å². The van der Waals surface area contributed by atoms with Gasteiger partial charge in [0.1, 0.15) is 5.82 Å². The Labute approximate surface area is 196 Å². The predicted octanol–water partition coefficient (Wildman–Crippen LogP) is 7.52. The number of carbonyl (C=O) groups excluding carboxylic acids is 1. The third-order valence-corrected chi connectivity index (χ3v) is 6.28. The first kappa shape index (κ1) is 22.3. The molecule has 3 aromatic carbocycles. The van der Waals surface area contributed by atoms with E-state index in [0.717, 1.165) is 33.6 Å². The van der Waals surface area contributed by atoms with Crippen LogP contribution >= 0.6 is 23.4 Å². The molecule has 1 fully saturated rings. The fourth-order valence-electron chi connectivity index (χ4n) is 3.76. The topological polar surface area (TPSA) is 32.7 Å². The number of thioether (sulfide) groups is 1. The molecule has 3 aromatic rings. The van der Waals surface area contributed by atoms with E-state index < -0.39 is 5.82 Å². The Morgan fingerprint density at radius 1 is 0.938 bits per heavy atom. The van der Waals surface area contributed by atoms with Crippen molar-refractivity contribution >= 4 is 51.9 Å². The lowest BCUT2D eigenvalue weighted by Crippen LogP contribution is -2.28. The van der Waals surface area contributed by atoms with E-state index in [1.54, 1.807) is 11.0 Å². The number of carbonyl (C=O) groups is 1. The monoisotopic (exact) mass is 464 g/mol. The Bertz CT molecular complexity index is 1240. The molecule has 0 aromatic heterocycles. The minimum Gasteiger partial charge on any atom is -0.268 e. The van der Waals surface area contributed by atoms with Gasteiger partial charge in [-0.05, 0) is 104 Å². The Morgan fingerprint density at radius 2 is 1.53 bits per heavy atom. The number of aliphatic imine (C=N–C) groups is 1. The predicted molar refractivity (Wildman–Crippen MR) is 133 cm³/mol. The summed E-state index contributed by atoms with van der Waals surface area (Å²) in [5, 5.41) is 0.771. The van der Waals surface area contributed by atoms with E-state index in [-0.39, 0.29) is 16.5 Å². The van der Waals surface area contributed by atoms with Gasteiger partial charge in [0.2, 0.25) is 0 Å². The quantitative estimate of drug-likeness (QED) is 0.375. The van der Waals surface area contributed by atoms with Crippen molar-refractivity contribution in [2.24, 2.45) is 4.99 Å². The number of amidine groups is 1. The van der Waals surface area contributed by atoms with Crippen LogP contribution in [0.1, 0.15) is 27.8 Å². The standard InChI is InChI=1S/C26H22ClFN2OS/c1-15-8-16(2)11-19(10-15)29-26-30(20-12-17(3)9-18(4)13-20)25(31)24(32-26)14-21-22(27)6-5-7-23(21)28/h5-14H,1-4H3/b24-14+,29-26?. The van der Waals surface area contributed by atoms with Crippen LogP contribution in [0.2, 0.25) is 5.02 Å². The molecular weight excluding hydrogens is 443 g/mol. The molecule has 1 saturated heterocycles. The Morgan fingerprint density at radius 3 is 2.12 bits per heavy atom. The fourth-order valence-corrected chi connectivity index (χ4v) is 4.96. The summed E-state index contributed by atoms with van der Waals surface area (Å²) < 4.78 is 14.4. The van der Waals surface area contributed by atoms with Crippen LogP contribution < -0.4 is 4.90 Å². The van der Waals surface area contributed by atoms with Crippen molar-refractivity contribution in [1.82, 2.24) is 0 Å². The minimum atomic E-state index is -0.476. The third-order valence-electron chi connectivity index (χ3n) is 4.98. The number of benzene rings is 3. The lowest BCUT2D eigenvalue weighted by molar-refractivity contribution is -0.113. The number of anilines is 1. The molecule has 3 nitrogen and oxygen atoms in total. The normalized spacial score (nSPS) is 16.4. The zero-order valence-corrected chi connectivity index (χ0v) is 19.8. The van der Waals surface area contributed by atoms with Crippen molar-refractivity contribution in [3.05, 3.63) is 98.2 Å². The van der Waals surface area contributed by atoms with Gasteiger partial charge < -0.3 is 0 Å². The Kier molecular flexibility index (Phi) is 6.22. The molecule has 0 spiro atoms. The minimum absolute atomic E-state index is 0.193. The molecular formula is C26H22ClFN2OS. The number of hydrogen-bond donors (Lipinski definition) is 0. The molecule has 4 rings (SSSR count). The second kappa shape index (κ2) is 8.93. The molecule has 32 heavy (non-hydrogen) atoms. The van der Waals surface area contributed by atoms with Gasteiger partial charge in [-0.15, -0.1) is 0 Å². The van der Waals surface area contributed by atoms with Crippen molar-refractivity contribution in [2.45, 2.75) is 27.7 Å². The van der Waals surface area contributed by atoms with E-state index in [0.29, 0.717) is 10.1 Å². The van der Waals surface area contributed by atoms with E-state index >= 15 is 0 Å². The van der Waals surface area contributed by atoms with E-state index in [9.17, 15) is 9.18 Å². The highest BCUT2D eigenvalue weighted by atomic mass is 35.5. The van der Waals surface area contributed by atoms with Crippen molar-refractivity contribution < 1.29 is 9.18 Å². The van der Waals surface area contributed by atoms with Crippen LogP contribution in [0.3, 0.4) is 0 Å². The van der Waals surface area contributed by atoms with Gasteiger partial charge in [-0.25, -0.2) is 9.38 Å². The summed E-state index contributed by atoms with van der Waals surface area (Å²) in [6.45, 7) is 8.00. The molecule has 0 bridgehead atoms. The lowest BCUT2D eigenvalue weighted by atomic mass is 10.1. The number of hydrogen-bond acceptors (Lipinski definition) is 3. The molecule has 0 saturated carbocycles. The number of aryl methyl sites for hydroxylation is 4. The van der Waals surface area contributed by atoms with Gasteiger partial charge in [-0.2, -0.15) is 0 Å². The summed E-state index contributed by atoms with van der Waals surface area (Å²) in [6, 6.07) is 16.4. The molecule has 0 atom stereocenters. The maximum Gasteiger partial charge on any atom is 0.271 e. The van der Waals surface area contributed by atoms with Gasteiger partial charge in [-0.3, -0.25) is 9.69 Å². The van der Waals surface area contributed by atoms with Crippen LogP contribution in [0.4, 0.5) is 15.8 Å². The van der Waals surface area contributed by atoms with Crippen LogP contribution in [-0.4, -0.2) is 11.1 Å². The largest absolute Gasteiger partial charge is 0.271 e. The first-order chi connectivity index (χ1) is 15.2. The van der Waals surface area contributed by atoms with Gasteiger partial charge in [0, 0.05) is 5.56 Å². The van der Waals surface area contributed by atoms with Crippen molar-refractivity contribution in [1.29, 1.82) is 0 Å². The summed E-state index contributed by atoms with van der Waals surface area (Å²) in [5.74, 6) is -0.738. The van der Waals surface area contributed by atoms with Gasteiger partial charge in [-0.1, -0.05) is 29.8 Å². The summed E-state index contributed by atoms with van der Waals surface area (Å²) in [4.78, 5) is 20.2. The molecule has 6 heteroatoms. The highest BCUT2D eigenvalue weighted by Gasteiger charge is 2.35.